The number of fused-ring (bicyclic) bond motifs is 2. The Morgan fingerprint density at radius 3 is 2.54 bits per heavy atom. The van der Waals surface area contributed by atoms with E-state index in [4.69, 9.17) is 4.42 Å². The summed E-state index contributed by atoms with van der Waals surface area (Å²) in [5.74, 6) is 0.733. The van der Waals surface area contributed by atoms with Gasteiger partial charge in [0.2, 0.25) is 5.69 Å². The van der Waals surface area contributed by atoms with Crippen molar-refractivity contribution >= 4 is 21.7 Å². The quantitative estimate of drug-likeness (QED) is 0.357. The molecule has 2 aromatic heterocycles. The highest BCUT2D eigenvalue weighted by Crippen LogP contribution is 2.36. The van der Waals surface area contributed by atoms with E-state index < -0.39 is 0 Å². The van der Waals surface area contributed by atoms with Gasteiger partial charge in [0.1, 0.15) is 12.6 Å². The number of hydrogen-bond acceptors (Lipinski definition) is 1. The zero-order valence-corrected chi connectivity index (χ0v) is 17.1. The monoisotopic (exact) mass is 370 g/mol. The van der Waals surface area contributed by atoms with E-state index in [0.29, 0.717) is 0 Å². The Hall–Kier alpha value is -2.61. The first-order valence-electron chi connectivity index (χ1n) is 10.5. The normalized spacial score (nSPS) is 15.5. The van der Waals surface area contributed by atoms with Crippen LogP contribution in [0.3, 0.4) is 0 Å². The van der Waals surface area contributed by atoms with Crippen molar-refractivity contribution in [3.8, 4) is 11.3 Å². The van der Waals surface area contributed by atoms with Crippen LogP contribution in [0.15, 0.2) is 53.1 Å². The molecule has 0 unspecified atom stereocenters. The van der Waals surface area contributed by atoms with Crippen molar-refractivity contribution in [2.75, 3.05) is 0 Å². The van der Waals surface area contributed by atoms with Gasteiger partial charge >= 0.3 is 0 Å². The maximum absolute atomic E-state index is 5.71. The van der Waals surface area contributed by atoms with E-state index in [1.54, 1.807) is 6.26 Å². The molecule has 1 aliphatic carbocycles. The van der Waals surface area contributed by atoms with E-state index in [9.17, 15) is 0 Å². The number of nitrogens with zero attached hydrogens (tertiary/aromatic N) is 1. The number of benzene rings is 2. The smallest absolute Gasteiger partial charge is 0.220 e. The van der Waals surface area contributed by atoms with Crippen molar-refractivity contribution in [3.63, 3.8) is 0 Å². The lowest BCUT2D eigenvalue weighted by Crippen LogP contribution is -2.35. The molecule has 5 rings (SSSR count). The van der Waals surface area contributed by atoms with Gasteiger partial charge < -0.3 is 4.42 Å². The minimum atomic E-state index is 0.733. The Morgan fingerprint density at radius 2 is 1.71 bits per heavy atom. The van der Waals surface area contributed by atoms with Crippen LogP contribution in [0, 0.1) is 13.8 Å². The molecule has 0 radical (unpaired) electrons. The summed E-state index contributed by atoms with van der Waals surface area (Å²) in [5.41, 5.74) is 7.57. The van der Waals surface area contributed by atoms with Crippen LogP contribution in [-0.2, 0) is 7.05 Å². The number of pyridine rings is 1. The van der Waals surface area contributed by atoms with Crippen molar-refractivity contribution < 1.29 is 8.98 Å². The van der Waals surface area contributed by atoms with E-state index in [0.717, 1.165) is 11.5 Å². The first kappa shape index (κ1) is 17.5. The second kappa shape index (κ2) is 6.77. The average molecular weight is 371 g/mol. The molecule has 0 atom stereocenters. The molecule has 1 saturated carbocycles. The Labute approximate surface area is 166 Å². The predicted octanol–water partition coefficient (Wildman–Crippen LogP) is 6.74. The van der Waals surface area contributed by atoms with E-state index in [1.807, 2.05) is 6.07 Å². The number of aromatic nitrogens is 1. The highest BCUT2D eigenvalue weighted by atomic mass is 16.3. The van der Waals surface area contributed by atoms with Crippen LogP contribution in [0.5, 0.6) is 0 Å². The van der Waals surface area contributed by atoms with E-state index in [1.165, 1.54) is 76.3 Å². The molecule has 2 heteroatoms. The van der Waals surface area contributed by atoms with Gasteiger partial charge in [-0.25, -0.2) is 0 Å². The van der Waals surface area contributed by atoms with Crippen LogP contribution in [0.2, 0.25) is 0 Å². The van der Waals surface area contributed by atoms with Gasteiger partial charge in [0, 0.05) is 18.4 Å². The first-order valence-corrected chi connectivity index (χ1v) is 10.5. The minimum Gasteiger partial charge on any atom is -0.464 e. The van der Waals surface area contributed by atoms with Gasteiger partial charge in [0.25, 0.3) is 0 Å². The van der Waals surface area contributed by atoms with Crippen LogP contribution >= 0.6 is 0 Å². The molecular weight excluding hydrogens is 342 g/mol. The third kappa shape index (κ3) is 2.83. The summed E-state index contributed by atoms with van der Waals surface area (Å²) in [4.78, 5) is 0. The van der Waals surface area contributed by atoms with E-state index in [2.05, 4.69) is 61.9 Å². The summed E-state index contributed by atoms with van der Waals surface area (Å²) in [6.45, 7) is 4.41. The second-order valence-corrected chi connectivity index (χ2v) is 8.50. The SMILES string of the molecule is Cc1cc2ccoc2cc1-c1c2ccc(C3CCCCC3)cc2cc(C)[n+]1C. The highest BCUT2D eigenvalue weighted by molar-refractivity contribution is 5.96. The third-order valence-electron chi connectivity index (χ3n) is 6.69. The average Bonchev–Trinajstić information content (AvgIpc) is 3.16. The molecule has 1 aliphatic rings. The van der Waals surface area contributed by atoms with Gasteiger partial charge in [-0.3, -0.25) is 0 Å². The van der Waals surface area contributed by atoms with Crippen molar-refractivity contribution in [2.45, 2.75) is 51.9 Å². The maximum atomic E-state index is 5.71. The lowest BCUT2D eigenvalue weighted by Gasteiger charge is -2.22. The zero-order chi connectivity index (χ0) is 19.3. The van der Waals surface area contributed by atoms with Gasteiger partial charge in [-0.05, 0) is 66.5 Å². The van der Waals surface area contributed by atoms with Crippen LogP contribution < -0.4 is 4.57 Å². The Morgan fingerprint density at radius 1 is 0.893 bits per heavy atom. The summed E-state index contributed by atoms with van der Waals surface area (Å²) in [5, 5.41) is 3.84. The summed E-state index contributed by atoms with van der Waals surface area (Å²) >= 11 is 0. The topological polar surface area (TPSA) is 17.0 Å². The molecule has 0 bridgehead atoms. The molecule has 0 N–H and O–H groups in total. The Balaban J connectivity index is 1.72. The molecule has 28 heavy (non-hydrogen) atoms. The predicted molar refractivity (Wildman–Crippen MR) is 116 cm³/mol. The standard InChI is InChI=1S/C26H28NO/c1-17-13-21-11-12-28-25(21)16-24(17)26-23-10-9-20(19-7-5-4-6-8-19)15-22(23)14-18(2)27(26)3/h9-16,19H,4-8H2,1-3H3/q+1. The molecule has 0 spiro atoms. The number of hydrogen-bond donors (Lipinski definition) is 0. The summed E-state index contributed by atoms with van der Waals surface area (Å²) in [7, 11) is 2.17. The minimum absolute atomic E-state index is 0.733. The van der Waals surface area contributed by atoms with Crippen LogP contribution in [0.25, 0.3) is 33.0 Å². The van der Waals surface area contributed by atoms with Crippen LogP contribution in [0.1, 0.15) is 54.8 Å². The van der Waals surface area contributed by atoms with Crippen LogP contribution in [0.4, 0.5) is 0 Å². The molecule has 2 heterocycles. The fraction of sp³-hybridized carbons (Fsp3) is 0.346. The van der Waals surface area contributed by atoms with Gasteiger partial charge in [0.15, 0.2) is 5.69 Å². The zero-order valence-electron chi connectivity index (χ0n) is 17.1. The third-order valence-corrected chi connectivity index (χ3v) is 6.69. The molecule has 2 aromatic carbocycles. The first-order chi connectivity index (χ1) is 13.6. The van der Waals surface area contributed by atoms with Crippen molar-refractivity contribution in [1.82, 2.24) is 0 Å². The molecule has 4 aromatic rings. The second-order valence-electron chi connectivity index (χ2n) is 8.50. The summed E-state index contributed by atoms with van der Waals surface area (Å²) < 4.78 is 8.03. The van der Waals surface area contributed by atoms with Gasteiger partial charge in [-0.15, -0.1) is 0 Å². The maximum Gasteiger partial charge on any atom is 0.220 e. The molecule has 0 saturated heterocycles. The lowest BCUT2D eigenvalue weighted by molar-refractivity contribution is -0.665. The van der Waals surface area contributed by atoms with Gasteiger partial charge in [0.05, 0.1) is 17.2 Å². The van der Waals surface area contributed by atoms with Crippen molar-refractivity contribution in [2.24, 2.45) is 7.05 Å². The van der Waals surface area contributed by atoms with Gasteiger partial charge in [-0.2, -0.15) is 4.57 Å². The van der Waals surface area contributed by atoms with Crippen molar-refractivity contribution in [3.05, 3.63) is 65.5 Å². The number of aryl methyl sites for hydroxylation is 2. The fourth-order valence-electron chi connectivity index (χ4n) is 4.99. The number of furan rings is 1. The van der Waals surface area contributed by atoms with E-state index >= 15 is 0 Å². The molecule has 1 fully saturated rings. The molecular formula is C26H28NO+. The lowest BCUT2D eigenvalue weighted by atomic mass is 9.83. The van der Waals surface area contributed by atoms with Gasteiger partial charge in [-0.1, -0.05) is 31.4 Å². The Kier molecular flexibility index (Phi) is 4.23. The molecule has 0 amide bonds. The number of rotatable bonds is 2. The Bertz CT molecular complexity index is 1180. The van der Waals surface area contributed by atoms with Crippen molar-refractivity contribution in [1.29, 1.82) is 0 Å². The fourth-order valence-corrected chi connectivity index (χ4v) is 4.99. The largest absolute Gasteiger partial charge is 0.464 e. The molecule has 142 valence electrons. The summed E-state index contributed by atoms with van der Waals surface area (Å²) in [6.07, 6.45) is 8.60. The van der Waals surface area contributed by atoms with E-state index in [-0.39, 0.29) is 0 Å². The highest BCUT2D eigenvalue weighted by Gasteiger charge is 2.22. The molecule has 2 nitrogen and oxygen atoms in total. The van der Waals surface area contributed by atoms with Crippen LogP contribution in [-0.4, -0.2) is 0 Å². The molecule has 0 aliphatic heterocycles. The summed E-state index contributed by atoms with van der Waals surface area (Å²) in [6, 6.07) is 16.0.